The van der Waals surface area contributed by atoms with Crippen molar-refractivity contribution < 1.29 is 9.84 Å². The summed E-state index contributed by atoms with van der Waals surface area (Å²) in [6.45, 7) is 4.27. The molecule has 1 aromatic carbocycles. The number of rotatable bonds is 5. The molecule has 0 aliphatic carbocycles. The zero-order valence-corrected chi connectivity index (χ0v) is 12.7. The predicted octanol–water partition coefficient (Wildman–Crippen LogP) is 4.58. The summed E-state index contributed by atoms with van der Waals surface area (Å²) in [6, 6.07) is 3.52. The van der Waals surface area contributed by atoms with Crippen LogP contribution in [0.5, 0.6) is 5.75 Å². The van der Waals surface area contributed by atoms with Gasteiger partial charge in [0.2, 0.25) is 0 Å². The summed E-state index contributed by atoms with van der Waals surface area (Å²) in [4.78, 5) is 0. The molecule has 0 radical (unpaired) electrons. The lowest BCUT2D eigenvalue weighted by atomic mass is 9.99. The van der Waals surface area contributed by atoms with Crippen molar-refractivity contribution in [3.8, 4) is 5.75 Å². The second kappa shape index (κ2) is 6.62. The third kappa shape index (κ3) is 4.16. The van der Waals surface area contributed by atoms with Crippen LogP contribution in [0, 0.1) is 5.92 Å². The topological polar surface area (TPSA) is 29.5 Å². The monoisotopic (exact) mass is 320 g/mol. The van der Waals surface area contributed by atoms with Gasteiger partial charge in [0.15, 0.2) is 0 Å². The van der Waals surface area contributed by atoms with Crippen molar-refractivity contribution in [2.45, 2.75) is 32.8 Å². The molecule has 1 unspecified atom stereocenters. The molecule has 0 saturated carbocycles. The van der Waals surface area contributed by atoms with Crippen molar-refractivity contribution in [2.24, 2.45) is 5.92 Å². The van der Waals surface area contributed by atoms with Crippen LogP contribution in [-0.4, -0.2) is 12.2 Å². The highest BCUT2D eigenvalue weighted by atomic mass is 79.9. The lowest BCUT2D eigenvalue weighted by molar-refractivity contribution is 0.155. The Hall–Kier alpha value is -0.250. The molecule has 0 aliphatic heterocycles. The average molecular weight is 322 g/mol. The summed E-state index contributed by atoms with van der Waals surface area (Å²) in [5.41, 5.74) is 0.743. The van der Waals surface area contributed by atoms with Gasteiger partial charge in [-0.05, 0) is 46.8 Å². The maximum atomic E-state index is 10.2. The highest BCUT2D eigenvalue weighted by Gasteiger charge is 2.17. The van der Waals surface area contributed by atoms with E-state index in [1.165, 1.54) is 0 Å². The van der Waals surface area contributed by atoms with Gasteiger partial charge in [0.1, 0.15) is 5.75 Å². The van der Waals surface area contributed by atoms with E-state index >= 15 is 0 Å². The van der Waals surface area contributed by atoms with Crippen LogP contribution in [0.25, 0.3) is 0 Å². The van der Waals surface area contributed by atoms with Gasteiger partial charge in [-0.2, -0.15) is 0 Å². The number of ether oxygens (including phenoxy) is 1. The van der Waals surface area contributed by atoms with E-state index < -0.39 is 6.10 Å². The minimum atomic E-state index is -0.539. The lowest BCUT2D eigenvalue weighted by Gasteiger charge is -2.17. The van der Waals surface area contributed by atoms with E-state index in [4.69, 9.17) is 16.3 Å². The molecule has 0 aromatic heterocycles. The summed E-state index contributed by atoms with van der Waals surface area (Å²) >= 11 is 9.38. The van der Waals surface area contributed by atoms with Crippen LogP contribution in [0.4, 0.5) is 0 Å². The SMILES string of the molecule is COc1c(Br)cc(Cl)cc1C(O)CCC(C)C. The molecule has 4 heteroatoms. The summed E-state index contributed by atoms with van der Waals surface area (Å²) in [5.74, 6) is 1.23. The third-order valence-corrected chi connectivity index (χ3v) is 3.42. The molecule has 2 nitrogen and oxygen atoms in total. The maximum absolute atomic E-state index is 10.2. The fourth-order valence-corrected chi connectivity index (χ4v) is 2.69. The lowest BCUT2D eigenvalue weighted by Crippen LogP contribution is -2.03. The van der Waals surface area contributed by atoms with Gasteiger partial charge in [-0.25, -0.2) is 0 Å². The van der Waals surface area contributed by atoms with Crippen molar-refractivity contribution >= 4 is 27.5 Å². The number of halogens is 2. The number of hydrogen-bond acceptors (Lipinski definition) is 2. The molecule has 0 heterocycles. The molecular weight excluding hydrogens is 303 g/mol. The smallest absolute Gasteiger partial charge is 0.138 e. The average Bonchev–Trinajstić information content (AvgIpc) is 2.24. The van der Waals surface area contributed by atoms with Crippen molar-refractivity contribution in [1.29, 1.82) is 0 Å². The van der Waals surface area contributed by atoms with Crippen LogP contribution >= 0.6 is 27.5 Å². The second-order valence-corrected chi connectivity index (χ2v) is 5.79. The third-order valence-electron chi connectivity index (χ3n) is 2.62. The van der Waals surface area contributed by atoms with Crippen molar-refractivity contribution in [1.82, 2.24) is 0 Å². The Morgan fingerprint density at radius 2 is 2.00 bits per heavy atom. The number of benzene rings is 1. The molecule has 1 aromatic rings. The summed E-state index contributed by atoms with van der Waals surface area (Å²) < 4.78 is 6.06. The van der Waals surface area contributed by atoms with Gasteiger partial charge in [-0.15, -0.1) is 0 Å². The number of aliphatic hydroxyl groups is 1. The zero-order valence-electron chi connectivity index (χ0n) is 10.3. The minimum absolute atomic E-state index is 0.539. The van der Waals surface area contributed by atoms with E-state index in [0.717, 1.165) is 16.5 Å². The number of hydrogen-bond donors (Lipinski definition) is 1. The van der Waals surface area contributed by atoms with Gasteiger partial charge in [0, 0.05) is 10.6 Å². The molecule has 0 saturated heterocycles. The summed E-state index contributed by atoms with van der Waals surface area (Å²) in [6.07, 6.45) is 1.14. The van der Waals surface area contributed by atoms with E-state index in [0.29, 0.717) is 23.1 Å². The first-order valence-corrected chi connectivity index (χ1v) is 6.83. The normalized spacial score (nSPS) is 12.9. The fourth-order valence-electron chi connectivity index (χ4n) is 1.69. The van der Waals surface area contributed by atoms with E-state index in [2.05, 4.69) is 29.8 Å². The molecule has 0 aliphatic rings. The first-order chi connectivity index (χ1) is 7.95. The molecule has 0 bridgehead atoms. The van der Waals surface area contributed by atoms with Crippen molar-refractivity contribution in [3.05, 3.63) is 27.2 Å². The van der Waals surface area contributed by atoms with E-state index in [1.54, 1.807) is 19.2 Å². The molecule has 0 spiro atoms. The van der Waals surface area contributed by atoms with Gasteiger partial charge in [-0.3, -0.25) is 0 Å². The zero-order chi connectivity index (χ0) is 13.0. The van der Waals surface area contributed by atoms with E-state index in [9.17, 15) is 5.11 Å². The second-order valence-electron chi connectivity index (χ2n) is 4.50. The molecule has 1 atom stereocenters. The first-order valence-electron chi connectivity index (χ1n) is 5.66. The Kier molecular flexibility index (Phi) is 5.77. The van der Waals surface area contributed by atoms with Crippen LogP contribution in [0.3, 0.4) is 0 Å². The van der Waals surface area contributed by atoms with Crippen LogP contribution in [0.1, 0.15) is 38.4 Å². The molecule has 1 N–H and O–H groups in total. The Morgan fingerprint density at radius 3 is 2.53 bits per heavy atom. The van der Waals surface area contributed by atoms with Gasteiger partial charge in [0.25, 0.3) is 0 Å². The van der Waals surface area contributed by atoms with Crippen LogP contribution in [0.2, 0.25) is 5.02 Å². The molecule has 1 rings (SSSR count). The number of aliphatic hydroxyl groups excluding tert-OH is 1. The van der Waals surface area contributed by atoms with E-state index in [1.807, 2.05) is 0 Å². The molecule has 17 heavy (non-hydrogen) atoms. The summed E-state index contributed by atoms with van der Waals surface area (Å²) in [7, 11) is 1.59. The summed E-state index contributed by atoms with van der Waals surface area (Å²) in [5, 5.41) is 10.8. The highest BCUT2D eigenvalue weighted by Crippen LogP contribution is 2.37. The van der Waals surface area contributed by atoms with Gasteiger partial charge < -0.3 is 9.84 Å². The minimum Gasteiger partial charge on any atom is -0.495 e. The highest BCUT2D eigenvalue weighted by molar-refractivity contribution is 9.10. The Bertz CT molecular complexity index is 380. The first kappa shape index (κ1) is 14.8. The van der Waals surface area contributed by atoms with E-state index in [-0.39, 0.29) is 0 Å². The number of methoxy groups -OCH3 is 1. The van der Waals surface area contributed by atoms with Gasteiger partial charge in [0.05, 0.1) is 17.7 Å². The van der Waals surface area contributed by atoms with Gasteiger partial charge >= 0.3 is 0 Å². The van der Waals surface area contributed by atoms with Crippen LogP contribution in [-0.2, 0) is 0 Å². The molecule has 0 amide bonds. The maximum Gasteiger partial charge on any atom is 0.138 e. The molecular formula is C13H18BrClO2. The van der Waals surface area contributed by atoms with Crippen LogP contribution < -0.4 is 4.74 Å². The Morgan fingerprint density at radius 1 is 1.35 bits per heavy atom. The largest absolute Gasteiger partial charge is 0.495 e. The van der Waals surface area contributed by atoms with Crippen LogP contribution in [0.15, 0.2) is 16.6 Å². The Balaban J connectivity index is 2.95. The van der Waals surface area contributed by atoms with Gasteiger partial charge in [-0.1, -0.05) is 25.4 Å². The molecule has 0 fully saturated rings. The Labute approximate surface area is 116 Å². The van der Waals surface area contributed by atoms with Crippen molar-refractivity contribution in [2.75, 3.05) is 7.11 Å². The van der Waals surface area contributed by atoms with Crippen molar-refractivity contribution in [3.63, 3.8) is 0 Å². The standard InChI is InChI=1S/C13H18BrClO2/c1-8(2)4-5-12(16)10-6-9(15)7-11(14)13(10)17-3/h6-8,12,16H,4-5H2,1-3H3. The molecule has 96 valence electrons. The predicted molar refractivity (Wildman–Crippen MR) is 74.7 cm³/mol. The quantitative estimate of drug-likeness (QED) is 0.860. The fraction of sp³-hybridized carbons (Fsp3) is 0.538.